The van der Waals surface area contributed by atoms with Gasteiger partial charge >= 0.3 is 0 Å². The van der Waals surface area contributed by atoms with Gasteiger partial charge in [0.25, 0.3) is 0 Å². The van der Waals surface area contributed by atoms with Crippen LogP contribution in [0.1, 0.15) is 0 Å². The van der Waals surface area contributed by atoms with Crippen LogP contribution in [-0.4, -0.2) is 22.6 Å². The molecule has 11 aromatic rings. The van der Waals surface area contributed by atoms with Crippen molar-refractivity contribution in [3.8, 4) is 39.5 Å². The van der Waals surface area contributed by atoms with Gasteiger partial charge in [0.1, 0.15) is 11.2 Å². The first-order valence-corrected chi connectivity index (χ1v) is 21.4. The van der Waals surface area contributed by atoms with E-state index in [1.807, 2.05) is 6.07 Å². The Bertz CT molecular complexity index is 3310. The molecule has 5 heteroatoms. The van der Waals surface area contributed by atoms with Crippen molar-refractivity contribution in [1.82, 2.24) is 14.5 Å². The van der Waals surface area contributed by atoms with Gasteiger partial charge in [-0.25, -0.2) is 9.97 Å². The molecule has 0 aliphatic carbocycles. The van der Waals surface area contributed by atoms with Crippen LogP contribution in [0.25, 0.3) is 83.2 Å². The van der Waals surface area contributed by atoms with Crippen molar-refractivity contribution in [2.75, 3.05) is 0 Å². The SMILES string of the molecule is c1ccc(-c2nc(-c3cccc(-n4c5ccccc5c5c6oc7ccccc7c6ccc54)c3)nc3c2-c2ccccc2[Si]3(c2ccccc2)c2ccccc2)cc1. The molecule has 0 N–H and O–H groups in total. The smallest absolute Gasteiger partial charge is 0.203 e. The summed E-state index contributed by atoms with van der Waals surface area (Å²) in [5, 5.41) is 9.61. The highest BCUT2D eigenvalue weighted by molar-refractivity contribution is 7.21. The van der Waals surface area contributed by atoms with Gasteiger partial charge in [0.2, 0.25) is 8.07 Å². The molecule has 4 heterocycles. The summed E-state index contributed by atoms with van der Waals surface area (Å²) < 4.78 is 8.96. The van der Waals surface area contributed by atoms with E-state index >= 15 is 0 Å². The topological polar surface area (TPSA) is 43.9 Å². The second kappa shape index (κ2) is 12.3. The van der Waals surface area contributed by atoms with Gasteiger partial charge in [0, 0.05) is 38.5 Å². The fraction of sp³-hybridized carbons (Fsp3) is 0. The van der Waals surface area contributed by atoms with Crippen molar-refractivity contribution in [2.24, 2.45) is 0 Å². The predicted molar refractivity (Wildman–Crippen MR) is 237 cm³/mol. The molecule has 0 radical (unpaired) electrons. The van der Waals surface area contributed by atoms with Crippen LogP contribution in [0.2, 0.25) is 0 Å². The fourth-order valence-electron chi connectivity index (χ4n) is 9.50. The molecule has 4 nitrogen and oxygen atoms in total. The molecular formula is C52H33N3OSi. The third-order valence-corrected chi connectivity index (χ3v) is 16.6. The van der Waals surface area contributed by atoms with Gasteiger partial charge in [-0.2, -0.15) is 0 Å². The summed E-state index contributed by atoms with van der Waals surface area (Å²) in [7, 11) is -2.90. The van der Waals surface area contributed by atoms with Crippen molar-refractivity contribution in [3.05, 3.63) is 200 Å². The summed E-state index contributed by atoms with van der Waals surface area (Å²) in [4.78, 5) is 11.3. The highest BCUT2D eigenvalue weighted by atomic mass is 28.3. The van der Waals surface area contributed by atoms with Crippen LogP contribution < -0.4 is 20.9 Å². The van der Waals surface area contributed by atoms with E-state index in [0.717, 1.165) is 77.1 Å². The number of nitrogens with zero attached hydrogens (tertiary/aromatic N) is 3. The summed E-state index contributed by atoms with van der Waals surface area (Å²) in [5.41, 5.74) is 10.4. The zero-order valence-corrected chi connectivity index (χ0v) is 31.8. The van der Waals surface area contributed by atoms with E-state index in [0.29, 0.717) is 5.82 Å². The Morgan fingerprint density at radius 1 is 0.474 bits per heavy atom. The molecule has 0 saturated carbocycles. The van der Waals surface area contributed by atoms with E-state index in [9.17, 15) is 0 Å². The lowest BCUT2D eigenvalue weighted by Crippen LogP contribution is -2.73. The number of hydrogen-bond acceptors (Lipinski definition) is 3. The highest BCUT2D eigenvalue weighted by Gasteiger charge is 2.51. The van der Waals surface area contributed by atoms with E-state index in [2.05, 4.69) is 199 Å². The Kier molecular flexibility index (Phi) is 6.91. The quantitative estimate of drug-likeness (QED) is 0.165. The number of benzene rings is 8. The van der Waals surface area contributed by atoms with Crippen LogP contribution in [0.4, 0.5) is 0 Å². The van der Waals surface area contributed by atoms with Gasteiger partial charge in [-0.05, 0) is 57.5 Å². The molecule has 266 valence electrons. The summed E-state index contributed by atoms with van der Waals surface area (Å²) in [6.45, 7) is 0. The van der Waals surface area contributed by atoms with Crippen molar-refractivity contribution < 1.29 is 4.42 Å². The first kappa shape index (κ1) is 32.0. The van der Waals surface area contributed by atoms with Gasteiger partial charge in [-0.1, -0.05) is 164 Å². The van der Waals surface area contributed by atoms with E-state index in [-0.39, 0.29) is 0 Å². The van der Waals surface area contributed by atoms with Crippen molar-refractivity contribution in [1.29, 1.82) is 0 Å². The third kappa shape index (κ3) is 4.55. The molecule has 0 amide bonds. The Hall–Kier alpha value is -7.34. The average Bonchev–Trinajstić information content (AvgIpc) is 3.93. The number of aromatic nitrogens is 3. The number of furan rings is 1. The maximum Gasteiger partial charge on any atom is 0.203 e. The van der Waals surface area contributed by atoms with Crippen LogP contribution in [0, 0.1) is 0 Å². The number of hydrogen-bond donors (Lipinski definition) is 0. The normalized spacial score (nSPS) is 13.1. The molecule has 0 saturated heterocycles. The molecular weight excluding hydrogens is 711 g/mol. The Labute approximate surface area is 330 Å². The molecule has 3 aromatic heterocycles. The van der Waals surface area contributed by atoms with Gasteiger partial charge in [0.05, 0.1) is 27.4 Å². The average molecular weight is 744 g/mol. The third-order valence-electron chi connectivity index (χ3n) is 11.9. The van der Waals surface area contributed by atoms with E-state index in [1.165, 1.54) is 21.1 Å². The van der Waals surface area contributed by atoms with Crippen molar-refractivity contribution >= 4 is 72.7 Å². The van der Waals surface area contributed by atoms with Gasteiger partial charge < -0.3 is 8.98 Å². The second-order valence-electron chi connectivity index (χ2n) is 14.9. The van der Waals surface area contributed by atoms with Crippen LogP contribution in [0.5, 0.6) is 0 Å². The van der Waals surface area contributed by atoms with Gasteiger partial charge in [0.15, 0.2) is 5.82 Å². The van der Waals surface area contributed by atoms with Crippen LogP contribution in [-0.2, 0) is 0 Å². The Morgan fingerprint density at radius 2 is 1.12 bits per heavy atom. The van der Waals surface area contributed by atoms with Crippen LogP contribution >= 0.6 is 0 Å². The maximum absolute atomic E-state index is 6.60. The van der Waals surface area contributed by atoms with Crippen LogP contribution in [0.3, 0.4) is 0 Å². The summed E-state index contributed by atoms with van der Waals surface area (Å²) in [6, 6.07) is 71.8. The molecule has 12 rings (SSSR count). The lowest BCUT2D eigenvalue weighted by Gasteiger charge is -2.30. The predicted octanol–water partition coefficient (Wildman–Crippen LogP) is 10.2. The lowest BCUT2D eigenvalue weighted by molar-refractivity contribution is 0.673. The summed E-state index contributed by atoms with van der Waals surface area (Å²) in [5.74, 6) is 0.714. The molecule has 0 unspecified atom stereocenters. The maximum atomic E-state index is 6.60. The van der Waals surface area contributed by atoms with E-state index in [4.69, 9.17) is 14.4 Å². The summed E-state index contributed by atoms with van der Waals surface area (Å²) >= 11 is 0. The standard InChI is InChI=1S/C52H33N3OSi/c1-4-17-34(18-5-1)49-48-42-27-12-15-30-46(42)57(37-21-6-2-7-22-37,38-23-8-3-9-24-38)52(48)54-51(53-49)35-19-16-20-36(33-35)55-43-28-13-10-26-41(43)47-44(55)32-31-40-39-25-11-14-29-45(39)56-50(40)47/h1-33H. The van der Waals surface area contributed by atoms with Crippen molar-refractivity contribution in [3.63, 3.8) is 0 Å². The minimum Gasteiger partial charge on any atom is -0.455 e. The van der Waals surface area contributed by atoms with Gasteiger partial charge in [-0.3, -0.25) is 0 Å². The lowest BCUT2D eigenvalue weighted by atomic mass is 10.0. The zero-order chi connectivity index (χ0) is 37.5. The molecule has 57 heavy (non-hydrogen) atoms. The number of para-hydroxylation sites is 2. The minimum atomic E-state index is -2.90. The molecule has 0 fully saturated rings. The first-order valence-electron chi connectivity index (χ1n) is 19.4. The van der Waals surface area contributed by atoms with Crippen LogP contribution in [0.15, 0.2) is 205 Å². The summed E-state index contributed by atoms with van der Waals surface area (Å²) in [6.07, 6.45) is 0. The Balaban J connectivity index is 1.14. The number of fused-ring (bicyclic) bond motifs is 10. The van der Waals surface area contributed by atoms with E-state index < -0.39 is 8.07 Å². The highest BCUT2D eigenvalue weighted by Crippen LogP contribution is 2.41. The molecule has 1 aliphatic heterocycles. The molecule has 0 spiro atoms. The van der Waals surface area contributed by atoms with E-state index in [1.54, 1.807) is 0 Å². The second-order valence-corrected chi connectivity index (χ2v) is 18.5. The first-order chi connectivity index (χ1) is 28.3. The largest absolute Gasteiger partial charge is 0.455 e. The van der Waals surface area contributed by atoms with Crippen molar-refractivity contribution in [2.45, 2.75) is 0 Å². The molecule has 8 aromatic carbocycles. The molecule has 0 atom stereocenters. The minimum absolute atomic E-state index is 0.714. The monoisotopic (exact) mass is 743 g/mol. The molecule has 1 aliphatic rings. The fourth-order valence-corrected chi connectivity index (χ4v) is 14.5. The molecule has 0 bridgehead atoms. The number of rotatable bonds is 5. The zero-order valence-electron chi connectivity index (χ0n) is 30.8. The van der Waals surface area contributed by atoms with Gasteiger partial charge in [-0.15, -0.1) is 0 Å². The Morgan fingerprint density at radius 3 is 1.91 bits per heavy atom.